The van der Waals surface area contributed by atoms with E-state index < -0.39 is 35.6 Å². The number of likely N-dealkylation sites (tertiary alicyclic amines) is 1. The summed E-state index contributed by atoms with van der Waals surface area (Å²) in [7, 11) is 0. The fraction of sp³-hybridized carbons (Fsp3) is 0.467. The Morgan fingerprint density at radius 2 is 1.95 bits per heavy atom. The van der Waals surface area contributed by atoms with Crippen LogP contribution in [0.15, 0.2) is 36.7 Å². The fourth-order valence-electron chi connectivity index (χ4n) is 6.20. The van der Waals surface area contributed by atoms with Crippen LogP contribution in [0.2, 0.25) is 0 Å². The van der Waals surface area contributed by atoms with Gasteiger partial charge in [0.2, 0.25) is 0 Å². The van der Waals surface area contributed by atoms with E-state index in [0.717, 1.165) is 42.2 Å². The van der Waals surface area contributed by atoms with Crippen LogP contribution in [-0.4, -0.2) is 76.9 Å². The number of rotatable bonds is 5. The number of aryl methyl sites for hydroxylation is 1. The summed E-state index contributed by atoms with van der Waals surface area (Å²) in [5.41, 5.74) is 2.45. The summed E-state index contributed by atoms with van der Waals surface area (Å²) in [6.07, 6.45) is 2.96. The molecule has 0 bridgehead atoms. The van der Waals surface area contributed by atoms with Gasteiger partial charge in [-0.15, -0.1) is 0 Å². The lowest BCUT2D eigenvalue weighted by atomic mass is 9.96. The zero-order valence-corrected chi connectivity index (χ0v) is 23.6. The minimum atomic E-state index is -1.41. The van der Waals surface area contributed by atoms with E-state index in [0.29, 0.717) is 17.2 Å². The fourth-order valence-corrected chi connectivity index (χ4v) is 6.20. The lowest BCUT2D eigenvalue weighted by Crippen LogP contribution is -2.59. The monoisotopic (exact) mass is 564 g/mol. The molecule has 216 valence electrons. The lowest BCUT2D eigenvalue weighted by molar-refractivity contribution is 0.0125. The summed E-state index contributed by atoms with van der Waals surface area (Å²) < 4.78 is 34.0. The van der Waals surface area contributed by atoms with Crippen LogP contribution in [0.1, 0.15) is 56.0 Å². The van der Waals surface area contributed by atoms with E-state index in [4.69, 9.17) is 5.10 Å². The highest BCUT2D eigenvalue weighted by Crippen LogP contribution is 2.37. The Hall–Kier alpha value is -4.02. The number of hydrogen-bond acceptors (Lipinski definition) is 4. The summed E-state index contributed by atoms with van der Waals surface area (Å²) in [5, 5.41) is 15.5. The van der Waals surface area contributed by atoms with Gasteiger partial charge in [0.05, 0.1) is 23.8 Å². The number of carboxylic acid groups (broad SMARTS) is 1. The first-order valence-electron chi connectivity index (χ1n) is 14.0. The summed E-state index contributed by atoms with van der Waals surface area (Å²) in [6, 6.07) is 6.32. The number of nitrogens with zero attached hydrogens (tertiary/aromatic N) is 6. The molecule has 0 radical (unpaired) electrons. The lowest BCUT2D eigenvalue weighted by Gasteiger charge is -2.45. The molecular weight excluding hydrogens is 530 g/mol. The first kappa shape index (κ1) is 27.2. The number of amides is 2. The summed E-state index contributed by atoms with van der Waals surface area (Å²) in [5.74, 6) is -0.603. The molecular formula is C30H34F2N6O3. The van der Waals surface area contributed by atoms with E-state index >= 15 is 4.39 Å². The molecule has 4 aromatic rings. The molecule has 41 heavy (non-hydrogen) atoms. The molecule has 1 N–H and O–H groups in total. The first-order valence-corrected chi connectivity index (χ1v) is 14.0. The Morgan fingerprint density at radius 3 is 2.63 bits per heavy atom. The van der Waals surface area contributed by atoms with Gasteiger partial charge in [0, 0.05) is 48.4 Å². The summed E-state index contributed by atoms with van der Waals surface area (Å²) in [4.78, 5) is 32.6. The van der Waals surface area contributed by atoms with Crippen LogP contribution in [0, 0.1) is 18.7 Å². The van der Waals surface area contributed by atoms with Crippen molar-refractivity contribution < 1.29 is 23.5 Å². The SMILES string of the molecule is Cc1c(-c2cc3cccnc3n2CC2CC2)nn2cc(C(=O)N3C[C@H](F)C[C@@H](N(C(=O)O)C(C)(C)C)C3)cc(F)c12. The van der Waals surface area contributed by atoms with Crippen molar-refractivity contribution in [3.05, 3.63) is 53.6 Å². The van der Waals surface area contributed by atoms with Crippen molar-refractivity contribution in [1.82, 2.24) is 29.0 Å². The predicted octanol–water partition coefficient (Wildman–Crippen LogP) is 5.54. The second-order valence-electron chi connectivity index (χ2n) is 12.4. The molecule has 4 aromatic heterocycles. The molecule has 9 nitrogen and oxygen atoms in total. The van der Waals surface area contributed by atoms with E-state index in [2.05, 4.69) is 9.55 Å². The number of fused-ring (bicyclic) bond motifs is 2. The van der Waals surface area contributed by atoms with Gasteiger partial charge in [-0.2, -0.15) is 5.10 Å². The van der Waals surface area contributed by atoms with Gasteiger partial charge in [0.1, 0.15) is 28.8 Å². The zero-order chi connectivity index (χ0) is 29.2. The molecule has 5 heterocycles. The predicted molar refractivity (Wildman–Crippen MR) is 150 cm³/mol. The molecule has 2 aliphatic rings. The van der Waals surface area contributed by atoms with Crippen LogP contribution >= 0.6 is 0 Å². The quantitative estimate of drug-likeness (QED) is 0.344. The number of aromatic nitrogens is 4. The molecule has 0 unspecified atom stereocenters. The van der Waals surface area contributed by atoms with Crippen LogP contribution in [0.5, 0.6) is 0 Å². The Kier molecular flexibility index (Phi) is 6.50. The van der Waals surface area contributed by atoms with Crippen molar-refractivity contribution in [2.24, 2.45) is 5.92 Å². The van der Waals surface area contributed by atoms with Crippen LogP contribution in [0.4, 0.5) is 13.6 Å². The standard InChI is InChI=1S/C30H34F2N6O3/c1-17-25(24-11-19-6-5-9-33-27(19)36(24)13-18-7-8-18)34-37-14-20(10-23(32)26(17)37)28(39)35-15-21(31)12-22(16-35)38(29(40)41)30(2,3)4/h5-6,9-11,14,18,21-22H,7-8,12-13,15-16H2,1-4H3,(H,40,41)/t21-,22-/m1/s1. The number of alkyl halides is 1. The van der Waals surface area contributed by atoms with Crippen molar-refractivity contribution in [3.8, 4) is 11.4 Å². The molecule has 2 amide bonds. The molecule has 2 atom stereocenters. The molecule has 1 aliphatic heterocycles. The maximum atomic E-state index is 15.6. The van der Waals surface area contributed by atoms with Crippen LogP contribution in [0.3, 0.4) is 0 Å². The molecule has 1 saturated carbocycles. The van der Waals surface area contributed by atoms with Crippen molar-refractivity contribution in [2.75, 3.05) is 13.1 Å². The topological polar surface area (TPSA) is 96.0 Å². The minimum Gasteiger partial charge on any atom is -0.465 e. The summed E-state index contributed by atoms with van der Waals surface area (Å²) >= 11 is 0. The Bertz CT molecular complexity index is 1670. The number of hydrogen-bond donors (Lipinski definition) is 1. The smallest absolute Gasteiger partial charge is 0.408 e. The minimum absolute atomic E-state index is 0.00777. The van der Waals surface area contributed by atoms with Gasteiger partial charge in [-0.25, -0.2) is 23.1 Å². The van der Waals surface area contributed by atoms with Crippen molar-refractivity contribution in [2.45, 2.75) is 71.3 Å². The highest BCUT2D eigenvalue weighted by Gasteiger charge is 2.40. The van der Waals surface area contributed by atoms with Gasteiger partial charge in [0.15, 0.2) is 0 Å². The molecule has 11 heteroatoms. The number of pyridine rings is 2. The maximum Gasteiger partial charge on any atom is 0.408 e. The van der Waals surface area contributed by atoms with Crippen molar-refractivity contribution in [1.29, 1.82) is 0 Å². The number of carbonyl (C=O) groups excluding carboxylic acids is 1. The van der Waals surface area contributed by atoms with Crippen LogP contribution in [0.25, 0.3) is 27.9 Å². The second-order valence-corrected chi connectivity index (χ2v) is 12.4. The molecule has 1 saturated heterocycles. The third kappa shape index (κ3) is 4.91. The van der Waals surface area contributed by atoms with Gasteiger partial charge < -0.3 is 14.6 Å². The van der Waals surface area contributed by atoms with Gasteiger partial charge in [-0.1, -0.05) is 0 Å². The van der Waals surface area contributed by atoms with Gasteiger partial charge in [-0.3, -0.25) is 9.69 Å². The molecule has 1 aliphatic carbocycles. The first-order chi connectivity index (χ1) is 19.4. The average molecular weight is 565 g/mol. The Morgan fingerprint density at radius 1 is 1.20 bits per heavy atom. The van der Waals surface area contributed by atoms with Crippen molar-refractivity contribution in [3.63, 3.8) is 0 Å². The Balaban J connectivity index is 1.36. The van der Waals surface area contributed by atoms with Crippen molar-refractivity contribution >= 4 is 28.6 Å². The Labute approximate surface area is 236 Å². The van der Waals surface area contributed by atoms with Crippen LogP contribution in [-0.2, 0) is 6.54 Å². The molecule has 0 spiro atoms. The highest BCUT2D eigenvalue weighted by atomic mass is 19.1. The third-order valence-electron chi connectivity index (χ3n) is 8.16. The summed E-state index contributed by atoms with van der Waals surface area (Å²) in [6.45, 7) is 7.63. The largest absolute Gasteiger partial charge is 0.465 e. The normalized spacial score (nSPS) is 19.7. The zero-order valence-electron chi connectivity index (χ0n) is 23.6. The van der Waals surface area contributed by atoms with Crippen LogP contribution < -0.4 is 0 Å². The number of halogens is 2. The third-order valence-corrected chi connectivity index (χ3v) is 8.16. The van der Waals surface area contributed by atoms with E-state index in [1.54, 1.807) is 27.0 Å². The highest BCUT2D eigenvalue weighted by molar-refractivity contribution is 5.95. The molecule has 6 rings (SSSR count). The van der Waals surface area contributed by atoms with E-state index in [1.165, 1.54) is 20.5 Å². The second kappa shape index (κ2) is 9.81. The number of piperidine rings is 1. The van der Waals surface area contributed by atoms with E-state index in [9.17, 15) is 19.1 Å². The number of carbonyl (C=O) groups is 2. The van der Waals surface area contributed by atoms with E-state index in [1.807, 2.05) is 25.1 Å². The maximum absolute atomic E-state index is 15.6. The van der Waals surface area contributed by atoms with Gasteiger partial charge in [-0.05, 0) is 70.7 Å². The van der Waals surface area contributed by atoms with Gasteiger partial charge in [0.25, 0.3) is 5.91 Å². The average Bonchev–Trinajstić information content (AvgIpc) is 3.55. The van der Waals surface area contributed by atoms with Gasteiger partial charge >= 0.3 is 6.09 Å². The molecule has 2 fully saturated rings. The van der Waals surface area contributed by atoms with E-state index in [-0.39, 0.29) is 30.6 Å². The molecule has 0 aromatic carbocycles.